The van der Waals surface area contributed by atoms with E-state index in [2.05, 4.69) is 81.5 Å². The minimum absolute atomic E-state index is 0.0760. The second-order valence-corrected chi connectivity index (χ2v) is 19.2. The summed E-state index contributed by atoms with van der Waals surface area (Å²) in [4.78, 5) is 38.1. The number of rotatable bonds is 52. The summed E-state index contributed by atoms with van der Waals surface area (Å²) in [5.41, 5.74) is 0. The van der Waals surface area contributed by atoms with Crippen molar-refractivity contribution in [2.45, 2.75) is 297 Å². The summed E-state index contributed by atoms with van der Waals surface area (Å²) in [6.07, 6.45) is 69.3. The molecule has 0 aromatic carbocycles. The minimum Gasteiger partial charge on any atom is -0.462 e. The highest BCUT2D eigenvalue weighted by Gasteiger charge is 2.19. The van der Waals surface area contributed by atoms with Crippen LogP contribution < -0.4 is 0 Å². The first-order valence-electron chi connectivity index (χ1n) is 28.8. The van der Waals surface area contributed by atoms with E-state index in [-0.39, 0.29) is 31.1 Å². The summed E-state index contributed by atoms with van der Waals surface area (Å²) in [5, 5.41) is 0. The third kappa shape index (κ3) is 53.9. The van der Waals surface area contributed by atoms with Gasteiger partial charge < -0.3 is 14.2 Å². The van der Waals surface area contributed by atoms with Gasteiger partial charge in [-0.1, -0.05) is 248 Å². The summed E-state index contributed by atoms with van der Waals surface area (Å²) >= 11 is 0. The van der Waals surface area contributed by atoms with Gasteiger partial charge >= 0.3 is 17.9 Å². The van der Waals surface area contributed by atoms with Crippen LogP contribution in [0.15, 0.2) is 60.8 Å². The highest BCUT2D eigenvalue weighted by Crippen LogP contribution is 2.16. The van der Waals surface area contributed by atoms with Gasteiger partial charge in [-0.25, -0.2) is 0 Å². The summed E-state index contributed by atoms with van der Waals surface area (Å²) in [7, 11) is 0. The van der Waals surface area contributed by atoms with E-state index in [0.717, 1.165) is 89.9 Å². The molecule has 1 unspecified atom stereocenters. The topological polar surface area (TPSA) is 78.9 Å². The van der Waals surface area contributed by atoms with Gasteiger partial charge in [-0.2, -0.15) is 0 Å². The molecule has 0 spiro atoms. The Hall–Kier alpha value is -2.89. The largest absolute Gasteiger partial charge is 0.462 e. The maximum Gasteiger partial charge on any atom is 0.306 e. The van der Waals surface area contributed by atoms with Gasteiger partial charge in [0.25, 0.3) is 0 Å². The van der Waals surface area contributed by atoms with E-state index < -0.39 is 6.10 Å². The van der Waals surface area contributed by atoms with Gasteiger partial charge in [0, 0.05) is 19.3 Å². The Bertz CT molecular complexity index is 1210. The first-order valence-corrected chi connectivity index (χ1v) is 28.8. The van der Waals surface area contributed by atoms with Crippen molar-refractivity contribution in [2.75, 3.05) is 13.2 Å². The number of unbranched alkanes of at least 4 members (excludes halogenated alkanes) is 31. The van der Waals surface area contributed by atoms with Crippen LogP contribution in [0.5, 0.6) is 0 Å². The zero-order valence-electron chi connectivity index (χ0n) is 44.4. The summed E-state index contributed by atoms with van der Waals surface area (Å²) in [6, 6.07) is 0. The molecule has 6 nitrogen and oxygen atoms in total. The lowest BCUT2D eigenvalue weighted by Crippen LogP contribution is -2.30. The Kier molecular flexibility index (Phi) is 53.3. The van der Waals surface area contributed by atoms with Crippen LogP contribution >= 0.6 is 0 Å². The molecule has 0 saturated heterocycles. The summed E-state index contributed by atoms with van der Waals surface area (Å²) in [6.45, 7) is 6.53. The van der Waals surface area contributed by atoms with Crippen LogP contribution in [-0.2, 0) is 28.6 Å². The van der Waals surface area contributed by atoms with Crippen molar-refractivity contribution >= 4 is 17.9 Å². The van der Waals surface area contributed by atoms with Crippen molar-refractivity contribution in [2.24, 2.45) is 0 Å². The Labute approximate surface area is 415 Å². The van der Waals surface area contributed by atoms with E-state index in [9.17, 15) is 14.4 Å². The zero-order chi connectivity index (χ0) is 48.6. The first kappa shape index (κ1) is 64.1. The predicted octanol–water partition coefficient (Wildman–Crippen LogP) is 19.2. The van der Waals surface area contributed by atoms with E-state index >= 15 is 0 Å². The maximum absolute atomic E-state index is 12.8. The molecule has 0 aliphatic heterocycles. The van der Waals surface area contributed by atoms with Gasteiger partial charge in [-0.15, -0.1) is 0 Å². The van der Waals surface area contributed by atoms with Crippen LogP contribution in [0.3, 0.4) is 0 Å². The second-order valence-electron chi connectivity index (χ2n) is 19.2. The number of allylic oxidation sites excluding steroid dienone is 10. The maximum atomic E-state index is 12.8. The van der Waals surface area contributed by atoms with Gasteiger partial charge in [0.1, 0.15) is 13.2 Å². The summed E-state index contributed by atoms with van der Waals surface area (Å²) in [5.74, 6) is -0.879. The van der Waals surface area contributed by atoms with Crippen molar-refractivity contribution in [3.05, 3.63) is 60.8 Å². The molecule has 0 aromatic heterocycles. The molecule has 0 heterocycles. The fourth-order valence-electron chi connectivity index (χ4n) is 8.19. The Balaban J connectivity index is 4.31. The van der Waals surface area contributed by atoms with Crippen molar-refractivity contribution < 1.29 is 28.6 Å². The highest BCUT2D eigenvalue weighted by atomic mass is 16.6. The van der Waals surface area contributed by atoms with Crippen LogP contribution in [0.2, 0.25) is 0 Å². The Morgan fingerprint density at radius 2 is 0.582 bits per heavy atom. The summed E-state index contributed by atoms with van der Waals surface area (Å²) < 4.78 is 16.8. The molecule has 0 bridgehead atoms. The van der Waals surface area contributed by atoms with E-state index in [1.807, 2.05) is 0 Å². The van der Waals surface area contributed by atoms with Crippen molar-refractivity contribution in [1.82, 2.24) is 0 Å². The molecule has 0 radical (unpaired) electrons. The molecule has 0 aromatic rings. The van der Waals surface area contributed by atoms with Gasteiger partial charge in [0.05, 0.1) is 0 Å². The van der Waals surface area contributed by atoms with Crippen molar-refractivity contribution in [3.8, 4) is 0 Å². The fourth-order valence-corrected chi connectivity index (χ4v) is 8.19. The monoisotopic (exact) mass is 937 g/mol. The molecule has 0 aliphatic rings. The fraction of sp³-hybridized carbons (Fsp3) is 0.787. The second kappa shape index (κ2) is 55.7. The molecule has 388 valence electrons. The molecular formula is C61H108O6. The lowest BCUT2D eigenvalue weighted by molar-refractivity contribution is -0.167. The predicted molar refractivity (Wildman–Crippen MR) is 288 cm³/mol. The molecular weight excluding hydrogens is 829 g/mol. The Morgan fingerprint density at radius 3 is 0.925 bits per heavy atom. The van der Waals surface area contributed by atoms with Gasteiger partial charge in [0.15, 0.2) is 6.10 Å². The number of carbonyl (C=O) groups excluding carboxylic acids is 3. The van der Waals surface area contributed by atoms with Gasteiger partial charge in [-0.3, -0.25) is 14.4 Å². The molecule has 0 amide bonds. The van der Waals surface area contributed by atoms with E-state index in [1.165, 1.54) is 161 Å². The van der Waals surface area contributed by atoms with Crippen LogP contribution in [0, 0.1) is 0 Å². The van der Waals surface area contributed by atoms with Crippen LogP contribution in [0.1, 0.15) is 290 Å². The van der Waals surface area contributed by atoms with Crippen molar-refractivity contribution in [3.63, 3.8) is 0 Å². The molecule has 0 fully saturated rings. The Morgan fingerprint density at radius 1 is 0.313 bits per heavy atom. The third-order valence-electron chi connectivity index (χ3n) is 12.5. The zero-order valence-corrected chi connectivity index (χ0v) is 44.4. The third-order valence-corrected chi connectivity index (χ3v) is 12.5. The molecule has 0 aliphatic carbocycles. The molecule has 67 heavy (non-hydrogen) atoms. The number of hydrogen-bond donors (Lipinski definition) is 0. The van der Waals surface area contributed by atoms with Crippen LogP contribution in [0.4, 0.5) is 0 Å². The first-order chi connectivity index (χ1) is 33.0. The molecule has 0 saturated carbocycles. The van der Waals surface area contributed by atoms with Crippen LogP contribution in [0.25, 0.3) is 0 Å². The molecule has 6 heteroatoms. The van der Waals surface area contributed by atoms with E-state index in [4.69, 9.17) is 14.2 Å². The van der Waals surface area contributed by atoms with E-state index in [0.29, 0.717) is 19.3 Å². The van der Waals surface area contributed by atoms with E-state index in [1.54, 1.807) is 0 Å². The highest BCUT2D eigenvalue weighted by molar-refractivity contribution is 5.71. The average molecular weight is 938 g/mol. The van der Waals surface area contributed by atoms with Gasteiger partial charge in [0.2, 0.25) is 0 Å². The SMILES string of the molecule is CC/C=C\C/C=C\C/C=C\C/C=C\CCCCCCCCCCC(=O)OCC(COC(=O)CCCCCCCCCCCC)OC(=O)CCCCCCCCC/C=C\CCCCCCCCC. The van der Waals surface area contributed by atoms with Gasteiger partial charge in [-0.05, 0) is 83.5 Å². The number of esters is 3. The minimum atomic E-state index is -0.777. The molecule has 1 atom stereocenters. The number of ether oxygens (including phenoxy) is 3. The smallest absolute Gasteiger partial charge is 0.306 e. The normalized spacial score (nSPS) is 12.5. The molecule has 0 rings (SSSR count). The quantitative estimate of drug-likeness (QED) is 0.0262. The van der Waals surface area contributed by atoms with Crippen LogP contribution in [-0.4, -0.2) is 37.2 Å². The lowest BCUT2D eigenvalue weighted by Gasteiger charge is -2.18. The molecule has 0 N–H and O–H groups in total. The number of hydrogen-bond acceptors (Lipinski definition) is 6. The lowest BCUT2D eigenvalue weighted by atomic mass is 10.1. The van der Waals surface area contributed by atoms with Crippen molar-refractivity contribution in [1.29, 1.82) is 0 Å². The number of carbonyl (C=O) groups is 3. The average Bonchev–Trinajstić information content (AvgIpc) is 3.33. The standard InChI is InChI=1S/C61H108O6/c1-4-7-10-13-16-19-22-24-26-28-30-31-32-34-35-37-39-42-45-48-51-54-60(63)66-57-58(56-65-59(62)53-50-47-44-41-21-18-15-12-9-6-3)67-61(64)55-52-49-46-43-40-38-36-33-29-27-25-23-20-17-14-11-8-5-2/h7,10,16,19,24,26-27,29-31,58H,4-6,8-9,11-15,17-18,20-23,25,28,32-57H2,1-3H3/b10-7-,19-16-,26-24-,29-27-,31-30-.